The Hall–Kier alpha value is -1.52. The van der Waals surface area contributed by atoms with Gasteiger partial charge < -0.3 is 10.6 Å². The quantitative estimate of drug-likeness (QED) is 0.468. The van der Waals surface area contributed by atoms with Gasteiger partial charge in [0.1, 0.15) is 0 Å². The Morgan fingerprint density at radius 3 is 2.54 bits per heavy atom. The molecule has 2 N–H and O–H groups in total. The van der Waals surface area contributed by atoms with Crippen molar-refractivity contribution in [1.29, 1.82) is 0 Å². The number of aromatic nitrogens is 1. The van der Waals surface area contributed by atoms with Gasteiger partial charge in [-0.1, -0.05) is 46.9 Å². The van der Waals surface area contributed by atoms with Gasteiger partial charge in [-0.15, -0.1) is 0 Å². The van der Waals surface area contributed by atoms with Crippen LogP contribution in [-0.4, -0.2) is 17.1 Å². The van der Waals surface area contributed by atoms with Gasteiger partial charge in [0.15, 0.2) is 0 Å². The van der Waals surface area contributed by atoms with Crippen molar-refractivity contribution in [1.82, 2.24) is 10.3 Å². The molecule has 4 rings (SSSR count). The molecule has 3 nitrogen and oxygen atoms in total. The van der Waals surface area contributed by atoms with Gasteiger partial charge in [0, 0.05) is 40.9 Å². The zero-order chi connectivity index (χ0) is 19.5. The molecule has 0 aliphatic heterocycles. The number of rotatable bonds is 5. The number of hydrogen-bond acceptors (Lipinski definition) is 3. The highest BCUT2D eigenvalue weighted by Gasteiger charge is 2.21. The molecule has 1 aliphatic rings. The van der Waals surface area contributed by atoms with Crippen molar-refractivity contribution in [2.45, 2.75) is 44.3 Å². The molecule has 0 amide bonds. The maximum Gasteiger partial charge on any atom is 0.0737 e. The first-order chi connectivity index (χ1) is 13.6. The van der Waals surface area contributed by atoms with E-state index in [0.29, 0.717) is 27.2 Å². The highest BCUT2D eigenvalue weighted by atomic mass is 35.5. The molecule has 2 aromatic carbocycles. The van der Waals surface area contributed by atoms with Gasteiger partial charge in [0.25, 0.3) is 0 Å². The minimum Gasteiger partial charge on any atom is -0.382 e. The zero-order valence-corrected chi connectivity index (χ0v) is 17.7. The fourth-order valence-electron chi connectivity index (χ4n) is 3.85. The highest BCUT2D eigenvalue weighted by molar-refractivity contribution is 6.42. The summed E-state index contributed by atoms with van der Waals surface area (Å²) in [7, 11) is 0. The zero-order valence-electron chi connectivity index (χ0n) is 15.4. The number of halogens is 3. The van der Waals surface area contributed by atoms with E-state index >= 15 is 0 Å². The van der Waals surface area contributed by atoms with E-state index < -0.39 is 0 Å². The standard InChI is InChI=1S/C22H22Cl3N3/c23-15-4-9-18-20(10-11-26-21(18)12-15)28-17-7-5-16(6-8-17)27-13-14-2-1-3-19(24)22(14)25/h1-4,9-12,16-17,27H,5-8,13H2,(H,26,28). The summed E-state index contributed by atoms with van der Waals surface area (Å²) in [5.74, 6) is 0. The summed E-state index contributed by atoms with van der Waals surface area (Å²) in [6, 6.07) is 14.7. The third-order valence-electron chi connectivity index (χ3n) is 5.40. The molecule has 0 saturated heterocycles. The monoisotopic (exact) mass is 433 g/mol. The summed E-state index contributed by atoms with van der Waals surface area (Å²) in [5.41, 5.74) is 3.10. The Balaban J connectivity index is 1.33. The molecule has 1 saturated carbocycles. The number of pyridine rings is 1. The van der Waals surface area contributed by atoms with Crippen LogP contribution in [-0.2, 0) is 6.54 Å². The van der Waals surface area contributed by atoms with Crippen LogP contribution in [0.5, 0.6) is 0 Å². The van der Waals surface area contributed by atoms with Crippen molar-refractivity contribution < 1.29 is 0 Å². The van der Waals surface area contributed by atoms with Crippen LogP contribution in [0.4, 0.5) is 5.69 Å². The smallest absolute Gasteiger partial charge is 0.0737 e. The Kier molecular flexibility index (Phi) is 6.27. The second-order valence-electron chi connectivity index (χ2n) is 7.31. The first-order valence-corrected chi connectivity index (χ1v) is 10.7. The van der Waals surface area contributed by atoms with Crippen molar-refractivity contribution in [2.24, 2.45) is 0 Å². The Morgan fingerprint density at radius 1 is 0.929 bits per heavy atom. The van der Waals surface area contributed by atoms with Crippen LogP contribution in [0.25, 0.3) is 10.9 Å². The van der Waals surface area contributed by atoms with Gasteiger partial charge in [0.2, 0.25) is 0 Å². The van der Waals surface area contributed by atoms with E-state index in [4.69, 9.17) is 34.8 Å². The van der Waals surface area contributed by atoms with E-state index in [9.17, 15) is 0 Å². The molecule has 146 valence electrons. The summed E-state index contributed by atoms with van der Waals surface area (Å²) in [6.07, 6.45) is 6.34. The molecular weight excluding hydrogens is 413 g/mol. The topological polar surface area (TPSA) is 37.0 Å². The third-order valence-corrected chi connectivity index (χ3v) is 6.50. The molecule has 1 aliphatic carbocycles. The van der Waals surface area contributed by atoms with Gasteiger partial charge in [-0.3, -0.25) is 4.98 Å². The molecule has 6 heteroatoms. The molecule has 0 unspecified atom stereocenters. The lowest BCUT2D eigenvalue weighted by Crippen LogP contribution is -2.36. The molecule has 28 heavy (non-hydrogen) atoms. The normalized spacial score (nSPS) is 19.7. The first kappa shape index (κ1) is 19.8. The number of hydrogen-bond donors (Lipinski definition) is 2. The van der Waals surface area contributed by atoms with E-state index in [1.165, 1.54) is 0 Å². The number of benzene rings is 2. The second kappa shape index (κ2) is 8.87. The summed E-state index contributed by atoms with van der Waals surface area (Å²) in [6.45, 7) is 0.748. The molecular formula is C22H22Cl3N3. The molecule has 0 bridgehead atoms. The van der Waals surface area contributed by atoms with E-state index in [1.807, 2.05) is 48.7 Å². The highest BCUT2D eigenvalue weighted by Crippen LogP contribution is 2.29. The summed E-state index contributed by atoms with van der Waals surface area (Å²) >= 11 is 18.5. The number of anilines is 1. The van der Waals surface area contributed by atoms with Crippen LogP contribution in [0, 0.1) is 0 Å². The van der Waals surface area contributed by atoms with Crippen LogP contribution in [0.1, 0.15) is 31.2 Å². The Labute approximate surface area is 180 Å². The van der Waals surface area contributed by atoms with Gasteiger partial charge in [0.05, 0.1) is 15.6 Å². The number of nitrogens with zero attached hydrogens (tertiary/aromatic N) is 1. The van der Waals surface area contributed by atoms with Crippen molar-refractivity contribution in [3.8, 4) is 0 Å². The summed E-state index contributed by atoms with van der Waals surface area (Å²) < 4.78 is 0. The van der Waals surface area contributed by atoms with Gasteiger partial charge in [-0.25, -0.2) is 0 Å². The van der Waals surface area contributed by atoms with Crippen LogP contribution in [0.2, 0.25) is 15.1 Å². The van der Waals surface area contributed by atoms with E-state index in [0.717, 1.165) is 54.4 Å². The first-order valence-electron chi connectivity index (χ1n) is 9.57. The Bertz CT molecular complexity index is 968. The van der Waals surface area contributed by atoms with Crippen molar-refractivity contribution in [3.63, 3.8) is 0 Å². The number of fused-ring (bicyclic) bond motifs is 1. The third kappa shape index (κ3) is 4.55. The number of nitrogens with one attached hydrogen (secondary N) is 2. The van der Waals surface area contributed by atoms with Crippen LogP contribution < -0.4 is 10.6 Å². The largest absolute Gasteiger partial charge is 0.382 e. The maximum atomic E-state index is 6.29. The molecule has 3 aromatic rings. The van der Waals surface area contributed by atoms with Crippen LogP contribution >= 0.6 is 34.8 Å². The fourth-order valence-corrected chi connectivity index (χ4v) is 4.40. The van der Waals surface area contributed by atoms with Crippen LogP contribution in [0.15, 0.2) is 48.7 Å². The molecule has 1 heterocycles. The molecule has 1 aromatic heterocycles. The van der Waals surface area contributed by atoms with Crippen molar-refractivity contribution in [3.05, 3.63) is 69.3 Å². The second-order valence-corrected chi connectivity index (χ2v) is 8.53. The predicted molar refractivity (Wildman–Crippen MR) is 120 cm³/mol. The summed E-state index contributed by atoms with van der Waals surface area (Å²) in [5, 5.41) is 10.4. The van der Waals surface area contributed by atoms with Crippen LogP contribution in [0.3, 0.4) is 0 Å². The molecule has 0 atom stereocenters. The SMILES string of the molecule is Clc1ccc2c(NC3CCC(NCc4cccc(Cl)c4Cl)CC3)ccnc2c1. The lowest BCUT2D eigenvalue weighted by molar-refractivity contribution is 0.353. The van der Waals surface area contributed by atoms with Gasteiger partial charge in [-0.05, 0) is 61.6 Å². The average Bonchev–Trinajstić information content (AvgIpc) is 2.70. The molecule has 1 fully saturated rings. The van der Waals surface area contributed by atoms with E-state index in [1.54, 1.807) is 0 Å². The fraction of sp³-hybridized carbons (Fsp3) is 0.318. The van der Waals surface area contributed by atoms with Gasteiger partial charge >= 0.3 is 0 Å². The lowest BCUT2D eigenvalue weighted by atomic mass is 9.90. The predicted octanol–water partition coefficient (Wildman–Crippen LogP) is 6.71. The molecule has 0 radical (unpaired) electrons. The Morgan fingerprint density at radius 2 is 1.71 bits per heavy atom. The minimum absolute atomic E-state index is 0.467. The van der Waals surface area contributed by atoms with E-state index in [-0.39, 0.29) is 0 Å². The lowest BCUT2D eigenvalue weighted by Gasteiger charge is -2.31. The van der Waals surface area contributed by atoms with Crippen molar-refractivity contribution in [2.75, 3.05) is 5.32 Å². The average molecular weight is 435 g/mol. The van der Waals surface area contributed by atoms with Crippen molar-refractivity contribution >= 4 is 51.4 Å². The molecule has 0 spiro atoms. The summed E-state index contributed by atoms with van der Waals surface area (Å²) in [4.78, 5) is 4.42. The van der Waals surface area contributed by atoms with Gasteiger partial charge in [-0.2, -0.15) is 0 Å². The minimum atomic E-state index is 0.467. The van der Waals surface area contributed by atoms with E-state index in [2.05, 4.69) is 15.6 Å². The maximum absolute atomic E-state index is 6.29.